The number of hydrogen-bond acceptors (Lipinski definition) is 3. The normalized spacial score (nSPS) is 11.3. The van der Waals surface area contributed by atoms with E-state index in [0.29, 0.717) is 18.6 Å². The van der Waals surface area contributed by atoms with E-state index in [-0.39, 0.29) is 0 Å². The minimum absolute atomic E-state index is 0.395. The second-order valence-corrected chi connectivity index (χ2v) is 4.37. The summed E-state index contributed by atoms with van der Waals surface area (Å²) in [6, 6.07) is 6.38. The fourth-order valence-corrected chi connectivity index (χ4v) is 2.42. The van der Waals surface area contributed by atoms with Crippen LogP contribution in [0.25, 0.3) is 11.0 Å². The van der Waals surface area contributed by atoms with Crippen molar-refractivity contribution in [3.8, 4) is 5.75 Å². The van der Waals surface area contributed by atoms with E-state index in [1.54, 1.807) is 0 Å². The van der Waals surface area contributed by atoms with Gasteiger partial charge in [-0.1, -0.05) is 19.9 Å². The van der Waals surface area contributed by atoms with Gasteiger partial charge in [-0.2, -0.15) is 0 Å². The Morgan fingerprint density at radius 3 is 2.61 bits per heavy atom. The Bertz CT molecular complexity index is 529. The number of benzene rings is 1. The van der Waals surface area contributed by atoms with Gasteiger partial charge in [-0.05, 0) is 31.9 Å². The molecule has 0 aliphatic rings. The van der Waals surface area contributed by atoms with Crippen molar-refractivity contribution in [3.05, 3.63) is 18.2 Å². The zero-order valence-electron chi connectivity index (χ0n) is 11.3. The molecule has 0 spiro atoms. The lowest BCUT2D eigenvalue weighted by Gasteiger charge is -2.17. The van der Waals surface area contributed by atoms with Crippen molar-refractivity contribution in [1.82, 2.24) is 9.55 Å². The molecule has 1 aromatic heterocycles. The minimum atomic E-state index is 0.395. The Labute approximate surface area is 108 Å². The molecule has 18 heavy (non-hydrogen) atoms. The van der Waals surface area contributed by atoms with Crippen LogP contribution in [0.5, 0.6) is 5.75 Å². The monoisotopic (exact) mass is 247 g/mol. The molecule has 0 unspecified atom stereocenters. The summed E-state index contributed by atoms with van der Waals surface area (Å²) in [5.74, 6) is 1.39. The molecule has 0 aliphatic carbocycles. The Kier molecular flexibility index (Phi) is 3.75. The van der Waals surface area contributed by atoms with Crippen molar-refractivity contribution in [2.45, 2.75) is 39.7 Å². The Morgan fingerprint density at radius 1 is 1.28 bits per heavy atom. The van der Waals surface area contributed by atoms with Crippen LogP contribution in [0, 0.1) is 0 Å². The maximum absolute atomic E-state index is 6.07. The number of nitrogen functional groups attached to an aromatic ring is 1. The zero-order valence-corrected chi connectivity index (χ0v) is 11.3. The fourth-order valence-electron chi connectivity index (χ4n) is 2.42. The highest BCUT2D eigenvalue weighted by Gasteiger charge is 2.17. The molecule has 98 valence electrons. The molecule has 0 atom stereocenters. The van der Waals surface area contributed by atoms with Gasteiger partial charge in [0.1, 0.15) is 11.3 Å². The number of imidazole rings is 1. The van der Waals surface area contributed by atoms with Gasteiger partial charge in [0.05, 0.1) is 12.1 Å². The Hall–Kier alpha value is -1.71. The number of nitrogens with zero attached hydrogens (tertiary/aromatic N) is 2. The number of para-hydroxylation sites is 1. The first kappa shape index (κ1) is 12.7. The molecular formula is C14H21N3O. The zero-order chi connectivity index (χ0) is 13.1. The molecule has 1 aromatic carbocycles. The topological polar surface area (TPSA) is 53.1 Å². The first-order valence-electron chi connectivity index (χ1n) is 6.62. The first-order valence-corrected chi connectivity index (χ1v) is 6.62. The smallest absolute Gasteiger partial charge is 0.201 e. The van der Waals surface area contributed by atoms with Gasteiger partial charge in [0.25, 0.3) is 0 Å². The summed E-state index contributed by atoms with van der Waals surface area (Å²) in [7, 11) is 0. The van der Waals surface area contributed by atoms with Crippen molar-refractivity contribution < 1.29 is 4.74 Å². The molecule has 0 saturated heterocycles. The molecule has 0 fully saturated rings. The van der Waals surface area contributed by atoms with Crippen molar-refractivity contribution in [2.75, 3.05) is 12.3 Å². The number of ether oxygens (including phenoxy) is 1. The second-order valence-electron chi connectivity index (χ2n) is 4.37. The van der Waals surface area contributed by atoms with Crippen LogP contribution >= 0.6 is 0 Å². The summed E-state index contributed by atoms with van der Waals surface area (Å²) in [6.07, 6.45) is 2.09. The van der Waals surface area contributed by atoms with Crippen LogP contribution in [0.1, 0.15) is 39.7 Å². The maximum Gasteiger partial charge on any atom is 0.201 e. The highest BCUT2D eigenvalue weighted by molar-refractivity contribution is 5.84. The van der Waals surface area contributed by atoms with Crippen LogP contribution in [0.15, 0.2) is 18.2 Å². The largest absolute Gasteiger partial charge is 0.492 e. The van der Waals surface area contributed by atoms with Gasteiger partial charge in [-0.25, -0.2) is 4.98 Å². The third-order valence-corrected chi connectivity index (χ3v) is 3.32. The number of hydrogen-bond donors (Lipinski definition) is 1. The summed E-state index contributed by atoms with van der Waals surface area (Å²) in [6.45, 7) is 6.95. The molecule has 4 nitrogen and oxygen atoms in total. The van der Waals surface area contributed by atoms with Gasteiger partial charge < -0.3 is 15.0 Å². The van der Waals surface area contributed by atoms with E-state index in [0.717, 1.165) is 29.6 Å². The predicted molar refractivity (Wildman–Crippen MR) is 74.9 cm³/mol. The molecule has 2 N–H and O–H groups in total. The Balaban J connectivity index is 2.61. The third kappa shape index (κ3) is 2.03. The average Bonchev–Trinajstić information content (AvgIpc) is 2.70. The van der Waals surface area contributed by atoms with Crippen LogP contribution in [-0.4, -0.2) is 16.2 Å². The average molecular weight is 247 g/mol. The number of fused-ring (bicyclic) bond motifs is 1. The molecule has 0 bridgehead atoms. The molecule has 1 heterocycles. The summed E-state index contributed by atoms with van der Waals surface area (Å²) in [5, 5.41) is 0. The van der Waals surface area contributed by atoms with Gasteiger partial charge in [-0.3, -0.25) is 0 Å². The van der Waals surface area contributed by atoms with Crippen molar-refractivity contribution in [1.29, 1.82) is 0 Å². The van der Waals surface area contributed by atoms with E-state index >= 15 is 0 Å². The van der Waals surface area contributed by atoms with E-state index < -0.39 is 0 Å². The van der Waals surface area contributed by atoms with Crippen LogP contribution in [0.2, 0.25) is 0 Å². The van der Waals surface area contributed by atoms with Gasteiger partial charge in [-0.15, -0.1) is 0 Å². The highest BCUT2D eigenvalue weighted by atomic mass is 16.5. The van der Waals surface area contributed by atoms with Crippen LogP contribution in [0.4, 0.5) is 5.95 Å². The molecular weight excluding hydrogens is 226 g/mol. The first-order chi connectivity index (χ1) is 8.72. The van der Waals surface area contributed by atoms with E-state index in [4.69, 9.17) is 10.5 Å². The molecule has 0 aliphatic heterocycles. The van der Waals surface area contributed by atoms with E-state index in [9.17, 15) is 0 Å². The quantitative estimate of drug-likeness (QED) is 0.881. The molecule has 0 saturated carbocycles. The van der Waals surface area contributed by atoms with E-state index in [1.165, 1.54) is 0 Å². The Morgan fingerprint density at radius 2 is 2.00 bits per heavy atom. The van der Waals surface area contributed by atoms with Crippen LogP contribution < -0.4 is 10.5 Å². The summed E-state index contributed by atoms with van der Waals surface area (Å²) < 4.78 is 7.73. The van der Waals surface area contributed by atoms with E-state index in [1.807, 2.05) is 19.1 Å². The lowest BCUT2D eigenvalue weighted by Crippen LogP contribution is -2.10. The lowest BCUT2D eigenvalue weighted by molar-refractivity contribution is 0.343. The fraction of sp³-hybridized carbons (Fsp3) is 0.500. The second kappa shape index (κ2) is 5.29. The van der Waals surface area contributed by atoms with E-state index in [2.05, 4.69) is 29.5 Å². The predicted octanol–water partition coefficient (Wildman–Crippen LogP) is 3.38. The number of aromatic nitrogens is 2. The molecule has 2 aromatic rings. The van der Waals surface area contributed by atoms with Gasteiger partial charge >= 0.3 is 0 Å². The third-order valence-electron chi connectivity index (χ3n) is 3.32. The molecule has 0 amide bonds. The minimum Gasteiger partial charge on any atom is -0.492 e. The summed E-state index contributed by atoms with van der Waals surface area (Å²) in [4.78, 5) is 4.46. The van der Waals surface area contributed by atoms with Crippen molar-refractivity contribution in [3.63, 3.8) is 0 Å². The number of rotatable bonds is 5. The maximum atomic E-state index is 6.07. The molecule has 4 heteroatoms. The summed E-state index contributed by atoms with van der Waals surface area (Å²) >= 11 is 0. The van der Waals surface area contributed by atoms with Crippen LogP contribution in [-0.2, 0) is 0 Å². The van der Waals surface area contributed by atoms with Crippen molar-refractivity contribution in [2.24, 2.45) is 0 Å². The standard InChI is InChI=1S/C14H21N3O/c1-4-10(5-2)17-11-8-7-9-12(18-6-3)13(11)16-14(17)15/h7-10H,4-6H2,1-3H3,(H2,15,16). The number of nitrogens with two attached hydrogens (primary N) is 1. The van der Waals surface area contributed by atoms with Crippen LogP contribution in [0.3, 0.4) is 0 Å². The summed E-state index contributed by atoms with van der Waals surface area (Å²) in [5.41, 5.74) is 7.99. The van der Waals surface area contributed by atoms with Gasteiger partial charge in [0.2, 0.25) is 5.95 Å². The van der Waals surface area contributed by atoms with Crippen molar-refractivity contribution >= 4 is 17.0 Å². The van der Waals surface area contributed by atoms with Gasteiger partial charge in [0, 0.05) is 6.04 Å². The number of anilines is 1. The SMILES string of the molecule is CCOc1cccc2c1nc(N)n2C(CC)CC. The highest BCUT2D eigenvalue weighted by Crippen LogP contribution is 2.31. The molecule has 2 rings (SSSR count). The lowest BCUT2D eigenvalue weighted by atomic mass is 10.1. The molecule has 0 radical (unpaired) electrons. The van der Waals surface area contributed by atoms with Gasteiger partial charge in [0.15, 0.2) is 0 Å².